The minimum absolute atomic E-state index is 0.182. The molecule has 2 aliphatic heterocycles. The second kappa shape index (κ2) is 6.54. The van der Waals surface area contributed by atoms with Crippen molar-refractivity contribution >= 4 is 11.6 Å². The molecule has 2 aromatic rings. The highest BCUT2D eigenvalue weighted by atomic mass is 16.2. The van der Waals surface area contributed by atoms with Gasteiger partial charge in [0.2, 0.25) is 0 Å². The standard InChI is InChI=1S/C20H26N4O/c1-22-11-3-6-18(22)19(25)24-12-4-7-20(16-24)8-13-23(14-9-20)17-5-2-10-21-15-17/h2-3,5-6,10-11,15H,4,7-9,12-14,16H2,1H3. The molecule has 4 rings (SSSR count). The third kappa shape index (κ3) is 3.15. The molecular weight excluding hydrogens is 312 g/mol. The summed E-state index contributed by atoms with van der Waals surface area (Å²) in [6.07, 6.45) is 10.4. The minimum Gasteiger partial charge on any atom is -0.370 e. The van der Waals surface area contributed by atoms with Crippen molar-refractivity contribution in [1.82, 2.24) is 14.5 Å². The highest BCUT2D eigenvalue weighted by Gasteiger charge is 2.40. The van der Waals surface area contributed by atoms with E-state index in [2.05, 4.69) is 20.9 Å². The Morgan fingerprint density at radius 2 is 1.96 bits per heavy atom. The van der Waals surface area contributed by atoms with E-state index in [0.717, 1.165) is 51.1 Å². The molecule has 2 aliphatic rings. The molecule has 132 valence electrons. The fraction of sp³-hybridized carbons (Fsp3) is 0.500. The number of likely N-dealkylation sites (tertiary alicyclic amines) is 1. The molecule has 0 saturated carbocycles. The summed E-state index contributed by atoms with van der Waals surface area (Å²) in [6.45, 7) is 3.89. The van der Waals surface area contributed by atoms with E-state index in [1.54, 1.807) is 0 Å². The molecule has 0 unspecified atom stereocenters. The van der Waals surface area contributed by atoms with Gasteiger partial charge in [-0.25, -0.2) is 0 Å². The number of pyridine rings is 1. The fourth-order valence-electron chi connectivity index (χ4n) is 4.41. The number of hydrogen-bond donors (Lipinski definition) is 0. The second-order valence-corrected chi connectivity index (χ2v) is 7.53. The highest BCUT2D eigenvalue weighted by molar-refractivity contribution is 5.92. The molecule has 1 amide bonds. The van der Waals surface area contributed by atoms with E-state index < -0.39 is 0 Å². The first-order valence-corrected chi connectivity index (χ1v) is 9.23. The number of aromatic nitrogens is 2. The SMILES string of the molecule is Cn1cccc1C(=O)N1CCCC2(CCN(c3cccnc3)CC2)C1. The van der Waals surface area contributed by atoms with E-state index in [-0.39, 0.29) is 11.3 Å². The van der Waals surface area contributed by atoms with Crippen molar-refractivity contribution in [3.8, 4) is 0 Å². The molecule has 1 spiro atoms. The van der Waals surface area contributed by atoms with Gasteiger partial charge in [-0.1, -0.05) is 0 Å². The minimum atomic E-state index is 0.182. The fourth-order valence-corrected chi connectivity index (χ4v) is 4.41. The largest absolute Gasteiger partial charge is 0.370 e. The molecule has 5 heteroatoms. The van der Waals surface area contributed by atoms with Crippen LogP contribution in [0.1, 0.15) is 36.2 Å². The second-order valence-electron chi connectivity index (χ2n) is 7.53. The Morgan fingerprint density at radius 3 is 2.64 bits per heavy atom. The van der Waals surface area contributed by atoms with Crippen molar-refractivity contribution in [2.45, 2.75) is 25.7 Å². The molecule has 0 radical (unpaired) electrons. The van der Waals surface area contributed by atoms with E-state index in [9.17, 15) is 4.79 Å². The van der Waals surface area contributed by atoms with Crippen molar-refractivity contribution < 1.29 is 4.79 Å². The molecule has 25 heavy (non-hydrogen) atoms. The lowest BCUT2D eigenvalue weighted by Gasteiger charge is -2.48. The summed E-state index contributed by atoms with van der Waals surface area (Å²) in [5.41, 5.74) is 2.30. The molecule has 2 saturated heterocycles. The van der Waals surface area contributed by atoms with Gasteiger partial charge >= 0.3 is 0 Å². The number of aryl methyl sites for hydroxylation is 1. The number of anilines is 1. The van der Waals surface area contributed by atoms with Crippen LogP contribution >= 0.6 is 0 Å². The molecule has 0 N–H and O–H groups in total. The summed E-state index contributed by atoms with van der Waals surface area (Å²) >= 11 is 0. The Balaban J connectivity index is 1.43. The Bertz CT molecular complexity index is 731. The number of nitrogens with zero attached hydrogens (tertiary/aromatic N) is 4. The normalized spacial score (nSPS) is 20.0. The van der Waals surface area contributed by atoms with E-state index in [1.807, 2.05) is 48.4 Å². The Kier molecular flexibility index (Phi) is 4.24. The van der Waals surface area contributed by atoms with E-state index in [0.29, 0.717) is 0 Å². The zero-order chi connectivity index (χ0) is 17.3. The average Bonchev–Trinajstić information content (AvgIpc) is 3.08. The molecule has 5 nitrogen and oxygen atoms in total. The van der Waals surface area contributed by atoms with Gasteiger partial charge in [-0.2, -0.15) is 0 Å². The summed E-state index contributed by atoms with van der Waals surface area (Å²) in [5.74, 6) is 0.182. The first-order chi connectivity index (χ1) is 12.2. The van der Waals surface area contributed by atoms with Crippen molar-refractivity contribution in [3.05, 3.63) is 48.5 Å². The van der Waals surface area contributed by atoms with Crippen molar-refractivity contribution in [3.63, 3.8) is 0 Å². The zero-order valence-corrected chi connectivity index (χ0v) is 14.9. The van der Waals surface area contributed by atoms with Crippen molar-refractivity contribution in [2.24, 2.45) is 12.5 Å². The highest BCUT2D eigenvalue weighted by Crippen LogP contribution is 2.41. The zero-order valence-electron chi connectivity index (χ0n) is 14.9. The van der Waals surface area contributed by atoms with Crippen LogP contribution in [0.5, 0.6) is 0 Å². The monoisotopic (exact) mass is 338 g/mol. The third-order valence-corrected chi connectivity index (χ3v) is 5.95. The lowest BCUT2D eigenvalue weighted by atomic mass is 9.72. The quantitative estimate of drug-likeness (QED) is 0.845. The maximum Gasteiger partial charge on any atom is 0.270 e. The molecule has 2 aromatic heterocycles. The summed E-state index contributed by atoms with van der Waals surface area (Å²) < 4.78 is 1.93. The van der Waals surface area contributed by atoms with Gasteiger partial charge in [-0.05, 0) is 55.4 Å². The molecule has 0 bridgehead atoms. The molecule has 4 heterocycles. The third-order valence-electron chi connectivity index (χ3n) is 5.95. The molecule has 0 atom stereocenters. The molecular formula is C20H26N4O. The predicted molar refractivity (Wildman–Crippen MR) is 98.7 cm³/mol. The molecule has 0 aromatic carbocycles. The maximum absolute atomic E-state index is 12.9. The van der Waals surface area contributed by atoms with Crippen LogP contribution in [-0.4, -0.2) is 46.5 Å². The van der Waals surface area contributed by atoms with Crippen LogP contribution < -0.4 is 4.90 Å². The van der Waals surface area contributed by atoms with Crippen molar-refractivity contribution in [1.29, 1.82) is 0 Å². The average molecular weight is 338 g/mol. The van der Waals surface area contributed by atoms with E-state index in [4.69, 9.17) is 0 Å². The lowest BCUT2D eigenvalue weighted by molar-refractivity contribution is 0.0426. The number of piperidine rings is 2. The van der Waals surface area contributed by atoms with Gasteiger partial charge in [0, 0.05) is 45.6 Å². The Labute approximate surface area is 149 Å². The van der Waals surface area contributed by atoms with Gasteiger partial charge < -0.3 is 14.4 Å². The number of hydrogen-bond acceptors (Lipinski definition) is 3. The number of carbonyl (C=O) groups excluding carboxylic acids is 1. The summed E-state index contributed by atoms with van der Waals surface area (Å²) in [4.78, 5) is 21.6. The number of amides is 1. The maximum atomic E-state index is 12.9. The topological polar surface area (TPSA) is 41.4 Å². The van der Waals surface area contributed by atoms with Crippen LogP contribution in [0.2, 0.25) is 0 Å². The Morgan fingerprint density at radius 1 is 1.12 bits per heavy atom. The van der Waals surface area contributed by atoms with Gasteiger partial charge in [-0.3, -0.25) is 9.78 Å². The summed E-state index contributed by atoms with van der Waals surface area (Å²) in [7, 11) is 1.94. The first kappa shape index (κ1) is 16.2. The smallest absolute Gasteiger partial charge is 0.270 e. The summed E-state index contributed by atoms with van der Waals surface area (Å²) in [6, 6.07) is 8.01. The molecule has 0 aliphatic carbocycles. The first-order valence-electron chi connectivity index (χ1n) is 9.23. The number of rotatable bonds is 2. The van der Waals surface area contributed by atoms with Gasteiger partial charge in [0.05, 0.1) is 11.9 Å². The Hall–Kier alpha value is -2.30. The van der Waals surface area contributed by atoms with Gasteiger partial charge in [-0.15, -0.1) is 0 Å². The molecule has 2 fully saturated rings. The predicted octanol–water partition coefficient (Wildman–Crippen LogP) is 2.94. The van der Waals surface area contributed by atoms with Crippen LogP contribution in [0.25, 0.3) is 0 Å². The van der Waals surface area contributed by atoms with Crippen LogP contribution in [0.4, 0.5) is 5.69 Å². The van der Waals surface area contributed by atoms with E-state index in [1.165, 1.54) is 12.1 Å². The lowest BCUT2D eigenvalue weighted by Crippen LogP contribution is -2.51. The van der Waals surface area contributed by atoms with Crippen LogP contribution in [0.15, 0.2) is 42.9 Å². The summed E-state index contributed by atoms with van der Waals surface area (Å²) in [5, 5.41) is 0. The van der Waals surface area contributed by atoms with Crippen LogP contribution in [0, 0.1) is 5.41 Å². The van der Waals surface area contributed by atoms with Gasteiger partial charge in [0.25, 0.3) is 5.91 Å². The van der Waals surface area contributed by atoms with Gasteiger partial charge in [0.1, 0.15) is 5.69 Å². The van der Waals surface area contributed by atoms with Crippen LogP contribution in [0.3, 0.4) is 0 Å². The van der Waals surface area contributed by atoms with E-state index >= 15 is 0 Å². The number of carbonyl (C=O) groups is 1. The van der Waals surface area contributed by atoms with Crippen molar-refractivity contribution in [2.75, 3.05) is 31.1 Å². The van der Waals surface area contributed by atoms with Gasteiger partial charge in [0.15, 0.2) is 0 Å². The van der Waals surface area contributed by atoms with Crippen LogP contribution in [-0.2, 0) is 7.05 Å².